The first-order valence-electron chi connectivity index (χ1n) is 13.5. The molecule has 16 heteroatoms. The van der Waals surface area contributed by atoms with Gasteiger partial charge in [-0.15, -0.1) is 0 Å². The molecule has 1 aliphatic heterocycles. The Morgan fingerprint density at radius 1 is 1.12 bits per heavy atom. The zero-order chi connectivity index (χ0) is 31.9. The molecule has 2 heterocycles. The van der Waals surface area contributed by atoms with E-state index in [1.807, 2.05) is 0 Å². The smallest absolute Gasteiger partial charge is 0.387 e. The quantitative estimate of drug-likeness (QED) is 0.219. The van der Waals surface area contributed by atoms with Crippen molar-refractivity contribution in [2.45, 2.75) is 85.4 Å². The number of aliphatic hydroxyl groups excluding tert-OH is 1. The first-order valence-corrected chi connectivity index (χ1v) is 17.0. The number of thioether (sulfide) groups is 2. The van der Waals surface area contributed by atoms with Gasteiger partial charge in [-0.2, -0.15) is 4.98 Å². The first-order chi connectivity index (χ1) is 19.3. The number of nitrogens with two attached hydrogens (primary N) is 1. The van der Waals surface area contributed by atoms with Crippen LogP contribution in [-0.4, -0.2) is 80.2 Å². The van der Waals surface area contributed by atoms with Crippen molar-refractivity contribution in [3.63, 3.8) is 0 Å². The summed E-state index contributed by atoms with van der Waals surface area (Å²) >= 11 is 2.02. The van der Waals surface area contributed by atoms with E-state index in [2.05, 4.69) is 4.98 Å². The summed E-state index contributed by atoms with van der Waals surface area (Å²) in [5, 5.41) is 10.7. The van der Waals surface area contributed by atoms with Gasteiger partial charge in [0.2, 0.25) is 0 Å². The number of carbonyl (C=O) groups excluding carboxylic acids is 2. The fraction of sp³-hybridized carbons (Fsp3) is 0.769. The highest BCUT2D eigenvalue weighted by atomic mass is 32.2. The number of nitrogen functional groups attached to an aromatic ring is 1. The highest BCUT2D eigenvalue weighted by molar-refractivity contribution is 8.14. The molecule has 0 amide bonds. The number of nitrogens with zero attached hydrogens (tertiary/aromatic N) is 2. The Morgan fingerprint density at radius 3 is 2.10 bits per heavy atom. The fourth-order valence-corrected chi connectivity index (χ4v) is 6.70. The van der Waals surface area contributed by atoms with E-state index in [1.54, 1.807) is 48.5 Å². The molecule has 1 aromatic heterocycles. The summed E-state index contributed by atoms with van der Waals surface area (Å²) in [5.41, 5.74) is 2.02. The molecule has 12 nitrogen and oxygen atoms in total. The lowest BCUT2D eigenvalue weighted by molar-refractivity contribution is -0.118. The third-order valence-electron chi connectivity index (χ3n) is 6.28. The topological polar surface area (TPSA) is 169 Å². The van der Waals surface area contributed by atoms with Gasteiger partial charge in [0.1, 0.15) is 23.6 Å². The standard InChI is InChI=1S/C26H43FN3O9PS2/c1-8-26(20(31)19(27)17(39-26)15-30-10-9-18(28)29-23(30)34)16-38-40(35,36-11-13-41-21(32)24(2,3)4)37-12-14-42-22(33)25(5,6)7/h9-10,17,19-20,31H,8,11-16H2,1-7H3,(H2,28,29,34)/t17-,19-,20-,26+/m0/s1. The Labute approximate surface area is 254 Å². The molecule has 0 aromatic carbocycles. The molecule has 240 valence electrons. The van der Waals surface area contributed by atoms with Crippen molar-refractivity contribution < 1.29 is 42.0 Å². The van der Waals surface area contributed by atoms with Gasteiger partial charge in [-0.1, -0.05) is 72.0 Å². The molecule has 1 aromatic rings. The fourth-order valence-electron chi connectivity index (χ4n) is 3.66. The second-order valence-electron chi connectivity index (χ2n) is 11.9. The Morgan fingerprint density at radius 2 is 1.64 bits per heavy atom. The summed E-state index contributed by atoms with van der Waals surface area (Å²) in [6.07, 6.45) is -3.42. The molecule has 1 aliphatic rings. The molecule has 4 atom stereocenters. The predicted octanol–water partition coefficient (Wildman–Crippen LogP) is 3.84. The van der Waals surface area contributed by atoms with Crippen molar-refractivity contribution in [3.8, 4) is 0 Å². The highest BCUT2D eigenvalue weighted by Crippen LogP contribution is 2.52. The van der Waals surface area contributed by atoms with E-state index >= 15 is 4.39 Å². The van der Waals surface area contributed by atoms with Gasteiger partial charge in [0.15, 0.2) is 16.4 Å². The number of hydrogen-bond acceptors (Lipinski definition) is 13. The molecule has 42 heavy (non-hydrogen) atoms. The minimum atomic E-state index is -4.32. The van der Waals surface area contributed by atoms with Crippen LogP contribution < -0.4 is 11.4 Å². The Kier molecular flexibility index (Phi) is 13.3. The Hall–Kier alpha value is -1.32. The second-order valence-corrected chi connectivity index (χ2v) is 15.7. The molecule has 0 bridgehead atoms. The van der Waals surface area contributed by atoms with Crippen molar-refractivity contribution in [1.82, 2.24) is 9.55 Å². The van der Waals surface area contributed by atoms with E-state index in [-0.39, 0.29) is 53.7 Å². The lowest BCUT2D eigenvalue weighted by atomic mass is 9.93. The number of anilines is 1. The summed E-state index contributed by atoms with van der Waals surface area (Å²) in [6, 6.07) is 1.38. The first kappa shape index (κ1) is 36.9. The van der Waals surface area contributed by atoms with Crippen LogP contribution in [0.2, 0.25) is 0 Å². The molecule has 1 fully saturated rings. The van der Waals surface area contributed by atoms with Gasteiger partial charge >= 0.3 is 13.5 Å². The van der Waals surface area contributed by atoms with Crippen LogP contribution in [0.4, 0.5) is 10.2 Å². The number of ether oxygens (including phenoxy) is 1. The van der Waals surface area contributed by atoms with E-state index in [4.69, 9.17) is 24.0 Å². The van der Waals surface area contributed by atoms with Gasteiger partial charge in [-0.05, 0) is 12.5 Å². The lowest BCUT2D eigenvalue weighted by Crippen LogP contribution is -2.45. The molecular weight excluding hydrogens is 612 g/mol. The summed E-state index contributed by atoms with van der Waals surface area (Å²) in [5.74, 6) is 0.345. The number of phosphoric ester groups is 1. The van der Waals surface area contributed by atoms with E-state index in [0.717, 1.165) is 28.1 Å². The maximum atomic E-state index is 15.2. The molecule has 0 saturated carbocycles. The molecule has 0 aliphatic carbocycles. The van der Waals surface area contributed by atoms with Crippen molar-refractivity contribution in [3.05, 3.63) is 22.7 Å². The van der Waals surface area contributed by atoms with Crippen LogP contribution >= 0.6 is 31.3 Å². The van der Waals surface area contributed by atoms with E-state index < -0.39 is 54.9 Å². The van der Waals surface area contributed by atoms with Gasteiger partial charge in [-0.25, -0.2) is 13.8 Å². The average molecular weight is 656 g/mol. The molecular formula is C26H43FN3O9PS2. The Balaban J connectivity index is 2.12. The molecule has 0 unspecified atom stereocenters. The van der Waals surface area contributed by atoms with Crippen LogP contribution in [0, 0.1) is 10.8 Å². The van der Waals surface area contributed by atoms with E-state index in [9.17, 15) is 24.1 Å². The molecule has 2 rings (SSSR count). The van der Waals surface area contributed by atoms with Crippen LogP contribution in [0.15, 0.2) is 17.1 Å². The minimum absolute atomic E-state index is 0.00910. The number of aliphatic hydroxyl groups is 1. The van der Waals surface area contributed by atoms with Crippen LogP contribution in [0.3, 0.4) is 0 Å². The lowest BCUT2D eigenvalue weighted by Gasteiger charge is -2.31. The summed E-state index contributed by atoms with van der Waals surface area (Å²) in [4.78, 5) is 40.2. The van der Waals surface area contributed by atoms with Crippen molar-refractivity contribution >= 4 is 47.4 Å². The van der Waals surface area contributed by atoms with Crippen molar-refractivity contribution in [2.75, 3.05) is 37.1 Å². The summed E-state index contributed by atoms with van der Waals surface area (Å²) in [6.45, 7) is 11.2. The number of rotatable bonds is 14. The molecule has 0 radical (unpaired) electrons. The van der Waals surface area contributed by atoms with Gasteiger partial charge in [0, 0.05) is 28.5 Å². The third-order valence-corrected chi connectivity index (χ3v) is 10.2. The number of phosphoric acid groups is 1. The third kappa shape index (κ3) is 10.4. The van der Waals surface area contributed by atoms with Crippen LogP contribution in [0.25, 0.3) is 0 Å². The number of halogens is 1. The maximum Gasteiger partial charge on any atom is 0.474 e. The summed E-state index contributed by atoms with van der Waals surface area (Å²) in [7, 11) is -4.32. The maximum absolute atomic E-state index is 15.2. The van der Waals surface area contributed by atoms with Crippen molar-refractivity contribution in [1.29, 1.82) is 0 Å². The number of carbonyl (C=O) groups is 2. The normalized spacial score (nSPS) is 23.3. The SMILES string of the molecule is CC[C@]1(COP(=O)(OCCSC(=O)C(C)(C)C)OCCSC(=O)C(C)(C)C)O[C@@H](Cn2ccc(N)nc2=O)[C@H](F)[C@@H]1O. The molecule has 0 spiro atoms. The van der Waals surface area contributed by atoms with Gasteiger partial charge in [-0.3, -0.25) is 27.7 Å². The van der Waals surface area contributed by atoms with E-state index in [1.165, 1.54) is 12.3 Å². The Bertz CT molecular complexity index is 1150. The number of alkyl halides is 1. The number of hydrogen-bond donors (Lipinski definition) is 2. The van der Waals surface area contributed by atoms with Gasteiger partial charge in [0.25, 0.3) is 0 Å². The molecule has 1 saturated heterocycles. The summed E-state index contributed by atoms with van der Waals surface area (Å²) < 4.78 is 52.4. The van der Waals surface area contributed by atoms with Gasteiger partial charge < -0.3 is 15.6 Å². The van der Waals surface area contributed by atoms with Gasteiger partial charge in [0.05, 0.1) is 26.4 Å². The van der Waals surface area contributed by atoms with Crippen LogP contribution in [0.1, 0.15) is 54.9 Å². The van der Waals surface area contributed by atoms with Crippen LogP contribution in [-0.2, 0) is 39.0 Å². The highest BCUT2D eigenvalue weighted by Gasteiger charge is 2.55. The number of aromatic nitrogens is 2. The predicted molar refractivity (Wildman–Crippen MR) is 161 cm³/mol. The monoisotopic (exact) mass is 655 g/mol. The minimum Gasteiger partial charge on any atom is -0.387 e. The zero-order valence-corrected chi connectivity index (χ0v) is 27.7. The average Bonchev–Trinajstić information content (AvgIpc) is 3.13. The van der Waals surface area contributed by atoms with Crippen LogP contribution in [0.5, 0.6) is 0 Å². The zero-order valence-electron chi connectivity index (χ0n) is 25.2. The van der Waals surface area contributed by atoms with Crippen molar-refractivity contribution in [2.24, 2.45) is 10.8 Å². The second kappa shape index (κ2) is 15.1. The molecule has 3 N–H and O–H groups in total. The van der Waals surface area contributed by atoms with E-state index in [0.29, 0.717) is 0 Å². The largest absolute Gasteiger partial charge is 0.474 e.